The van der Waals surface area contributed by atoms with Gasteiger partial charge in [-0.2, -0.15) is 10.2 Å². The summed E-state index contributed by atoms with van der Waals surface area (Å²) in [5, 5.41) is 8.29. The van der Waals surface area contributed by atoms with Gasteiger partial charge in [-0.25, -0.2) is 0 Å². The van der Waals surface area contributed by atoms with E-state index in [9.17, 15) is 0 Å². The Balaban J connectivity index is 1.40. The molecule has 2 aromatic rings. The quantitative estimate of drug-likeness (QED) is 0.797. The highest BCUT2D eigenvalue weighted by Crippen LogP contribution is 2.27. The summed E-state index contributed by atoms with van der Waals surface area (Å²) in [7, 11) is 0. The van der Waals surface area contributed by atoms with Gasteiger partial charge in [-0.1, -0.05) is 24.0 Å². The van der Waals surface area contributed by atoms with E-state index >= 15 is 0 Å². The lowest BCUT2D eigenvalue weighted by Gasteiger charge is -2.22. The van der Waals surface area contributed by atoms with E-state index in [0.29, 0.717) is 12.5 Å². The fourth-order valence-corrected chi connectivity index (χ4v) is 2.83. The molecule has 1 aromatic heterocycles. The van der Waals surface area contributed by atoms with Crippen LogP contribution < -0.4 is 4.74 Å². The van der Waals surface area contributed by atoms with Crippen molar-refractivity contribution in [2.75, 3.05) is 13.2 Å². The molecule has 1 aromatic carbocycles. The van der Waals surface area contributed by atoms with Crippen molar-refractivity contribution >= 4 is 0 Å². The highest BCUT2D eigenvalue weighted by molar-refractivity contribution is 5.61. The third kappa shape index (κ3) is 4.58. The lowest BCUT2D eigenvalue weighted by molar-refractivity contribution is -0.0111. The number of nitrogens with zero attached hydrogens (tertiary/aromatic N) is 2. The Morgan fingerprint density at radius 1 is 1.12 bits per heavy atom. The van der Waals surface area contributed by atoms with E-state index in [1.54, 1.807) is 6.20 Å². The first kappa shape index (κ1) is 16.1. The number of aromatic nitrogens is 2. The lowest BCUT2D eigenvalue weighted by Crippen LogP contribution is -2.25. The smallest absolute Gasteiger partial charge is 0.141 e. The molecule has 2 fully saturated rings. The van der Waals surface area contributed by atoms with Crippen LogP contribution in [0, 0.1) is 17.8 Å². The molecule has 1 saturated heterocycles. The second-order valence-electron chi connectivity index (χ2n) is 6.70. The average molecular weight is 334 g/mol. The first-order valence-electron chi connectivity index (χ1n) is 9.06. The van der Waals surface area contributed by atoms with E-state index in [1.165, 1.54) is 19.3 Å². The average Bonchev–Trinajstić information content (AvgIpc) is 3.51. The molecular weight excluding hydrogens is 312 g/mol. The monoisotopic (exact) mass is 334 g/mol. The van der Waals surface area contributed by atoms with Crippen LogP contribution in [0.2, 0.25) is 0 Å². The van der Waals surface area contributed by atoms with E-state index in [-0.39, 0.29) is 6.10 Å². The van der Waals surface area contributed by atoms with Gasteiger partial charge in [0, 0.05) is 29.7 Å². The van der Waals surface area contributed by atoms with E-state index in [4.69, 9.17) is 9.47 Å². The zero-order chi connectivity index (χ0) is 16.9. The van der Waals surface area contributed by atoms with Gasteiger partial charge >= 0.3 is 0 Å². The van der Waals surface area contributed by atoms with Gasteiger partial charge in [-0.15, -0.1) is 0 Å². The van der Waals surface area contributed by atoms with Crippen molar-refractivity contribution in [1.29, 1.82) is 0 Å². The molecule has 4 heteroatoms. The molecule has 1 aliphatic heterocycles. The minimum atomic E-state index is 0.190. The fourth-order valence-electron chi connectivity index (χ4n) is 2.83. The van der Waals surface area contributed by atoms with E-state index in [1.807, 2.05) is 30.3 Å². The summed E-state index contributed by atoms with van der Waals surface area (Å²) in [6, 6.07) is 10.1. The fraction of sp³-hybridized carbons (Fsp3) is 0.429. The summed E-state index contributed by atoms with van der Waals surface area (Å²) in [5.74, 6) is 7.86. The van der Waals surface area contributed by atoms with Gasteiger partial charge in [0.1, 0.15) is 12.4 Å². The minimum absolute atomic E-state index is 0.190. The predicted octanol–water partition coefficient (Wildman–Crippen LogP) is 3.85. The molecule has 1 unspecified atom stereocenters. The summed E-state index contributed by atoms with van der Waals surface area (Å²) >= 11 is 0. The van der Waals surface area contributed by atoms with Crippen molar-refractivity contribution in [3.63, 3.8) is 0 Å². The summed E-state index contributed by atoms with van der Waals surface area (Å²) in [6.07, 6.45) is 7.77. The van der Waals surface area contributed by atoms with Crippen LogP contribution in [0.1, 0.15) is 37.7 Å². The van der Waals surface area contributed by atoms with Crippen molar-refractivity contribution in [3.8, 4) is 28.8 Å². The van der Waals surface area contributed by atoms with Crippen LogP contribution in [-0.4, -0.2) is 29.5 Å². The van der Waals surface area contributed by atoms with Gasteiger partial charge in [0.25, 0.3) is 0 Å². The van der Waals surface area contributed by atoms with Crippen molar-refractivity contribution in [2.45, 2.75) is 38.2 Å². The Morgan fingerprint density at radius 2 is 2.00 bits per heavy atom. The van der Waals surface area contributed by atoms with E-state index < -0.39 is 0 Å². The molecule has 1 saturated carbocycles. The van der Waals surface area contributed by atoms with Crippen LogP contribution in [0.4, 0.5) is 0 Å². The Hall–Kier alpha value is -2.38. The predicted molar refractivity (Wildman–Crippen MR) is 96.2 cm³/mol. The van der Waals surface area contributed by atoms with Crippen LogP contribution in [0.3, 0.4) is 0 Å². The zero-order valence-corrected chi connectivity index (χ0v) is 14.3. The van der Waals surface area contributed by atoms with Gasteiger partial charge in [0.2, 0.25) is 0 Å². The molecule has 2 aliphatic rings. The number of rotatable bonds is 4. The van der Waals surface area contributed by atoms with Crippen molar-refractivity contribution in [3.05, 3.63) is 42.1 Å². The van der Waals surface area contributed by atoms with Crippen molar-refractivity contribution < 1.29 is 9.47 Å². The van der Waals surface area contributed by atoms with E-state index in [2.05, 4.69) is 22.0 Å². The SMILES string of the molecule is C(#CC1CC1)c1ccc(-c2cc(OCC3CCCCO3)cnn2)cc1. The standard InChI is InChI=1S/C21H22N2O2/c1-2-12-24-19(3-1)15-25-20-13-21(23-22-14-20)18-10-8-17(9-11-18)7-6-16-4-5-16/h8-11,13-14,16,19H,1-5,12,15H2. The summed E-state index contributed by atoms with van der Waals surface area (Å²) in [5.41, 5.74) is 2.87. The van der Waals surface area contributed by atoms with Crippen LogP contribution in [-0.2, 0) is 4.74 Å². The third-order valence-corrected chi connectivity index (χ3v) is 4.52. The number of hydrogen-bond donors (Lipinski definition) is 0. The maximum absolute atomic E-state index is 5.85. The van der Waals surface area contributed by atoms with E-state index in [0.717, 1.165) is 42.0 Å². The molecule has 2 heterocycles. The maximum Gasteiger partial charge on any atom is 0.141 e. The Bertz CT molecular complexity index is 766. The zero-order valence-electron chi connectivity index (χ0n) is 14.3. The summed E-state index contributed by atoms with van der Waals surface area (Å²) in [6.45, 7) is 1.41. The normalized spacial score (nSPS) is 19.8. The Labute approximate surface area is 148 Å². The van der Waals surface area contributed by atoms with Gasteiger partial charge in [-0.3, -0.25) is 0 Å². The molecule has 0 spiro atoms. The molecule has 4 rings (SSSR count). The molecular formula is C21H22N2O2. The molecule has 128 valence electrons. The number of benzene rings is 1. The molecule has 4 nitrogen and oxygen atoms in total. The van der Waals surface area contributed by atoms with Crippen LogP contribution in [0.25, 0.3) is 11.3 Å². The van der Waals surface area contributed by atoms with Crippen LogP contribution in [0.5, 0.6) is 5.75 Å². The third-order valence-electron chi connectivity index (χ3n) is 4.52. The van der Waals surface area contributed by atoms with Crippen molar-refractivity contribution in [1.82, 2.24) is 10.2 Å². The van der Waals surface area contributed by atoms with Gasteiger partial charge in [0.05, 0.1) is 18.0 Å². The summed E-state index contributed by atoms with van der Waals surface area (Å²) in [4.78, 5) is 0. The molecule has 0 N–H and O–H groups in total. The van der Waals surface area contributed by atoms with Crippen LogP contribution in [0.15, 0.2) is 36.5 Å². The molecule has 0 radical (unpaired) electrons. The second kappa shape index (κ2) is 7.67. The van der Waals surface area contributed by atoms with Gasteiger partial charge < -0.3 is 9.47 Å². The highest BCUT2D eigenvalue weighted by atomic mass is 16.5. The maximum atomic E-state index is 5.85. The minimum Gasteiger partial charge on any atom is -0.489 e. The van der Waals surface area contributed by atoms with Gasteiger partial charge in [0.15, 0.2) is 0 Å². The number of ether oxygens (including phenoxy) is 2. The highest BCUT2D eigenvalue weighted by Gasteiger charge is 2.17. The Kier molecular flexibility index (Phi) is 4.94. The molecule has 1 atom stereocenters. The molecule has 0 amide bonds. The summed E-state index contributed by atoms with van der Waals surface area (Å²) < 4.78 is 11.6. The Morgan fingerprint density at radius 3 is 2.76 bits per heavy atom. The molecule has 1 aliphatic carbocycles. The topological polar surface area (TPSA) is 44.2 Å². The molecule has 0 bridgehead atoms. The number of hydrogen-bond acceptors (Lipinski definition) is 4. The van der Waals surface area contributed by atoms with Gasteiger partial charge in [-0.05, 0) is 44.2 Å². The van der Waals surface area contributed by atoms with Crippen molar-refractivity contribution in [2.24, 2.45) is 5.92 Å². The van der Waals surface area contributed by atoms with Crippen LogP contribution >= 0.6 is 0 Å². The first-order chi connectivity index (χ1) is 12.4. The molecule has 25 heavy (non-hydrogen) atoms. The lowest BCUT2D eigenvalue weighted by atomic mass is 10.1. The largest absolute Gasteiger partial charge is 0.489 e. The second-order valence-corrected chi connectivity index (χ2v) is 6.70. The first-order valence-corrected chi connectivity index (χ1v) is 9.06.